The van der Waals surface area contributed by atoms with Crippen LogP contribution in [0, 0.1) is 11.8 Å². The molecule has 3 heteroatoms. The molecule has 17 heavy (non-hydrogen) atoms. The zero-order valence-electron chi connectivity index (χ0n) is 11.2. The summed E-state index contributed by atoms with van der Waals surface area (Å²) in [5.41, 5.74) is 0. The molecule has 2 rings (SSSR count). The van der Waals surface area contributed by atoms with Crippen molar-refractivity contribution in [1.29, 1.82) is 0 Å². The zero-order valence-corrected chi connectivity index (χ0v) is 11.2. The molecule has 0 aromatic carbocycles. The van der Waals surface area contributed by atoms with E-state index < -0.39 is 0 Å². The summed E-state index contributed by atoms with van der Waals surface area (Å²) in [5, 5.41) is 12.8. The predicted molar refractivity (Wildman–Crippen MR) is 71.1 cm³/mol. The molecule has 0 radical (unpaired) electrons. The van der Waals surface area contributed by atoms with Gasteiger partial charge in [-0.15, -0.1) is 0 Å². The highest BCUT2D eigenvalue weighted by atomic mass is 16.3. The minimum atomic E-state index is 0.347. The number of aliphatic hydroxyl groups is 1. The van der Waals surface area contributed by atoms with Crippen molar-refractivity contribution in [3.63, 3.8) is 0 Å². The Morgan fingerprint density at radius 3 is 2.71 bits per heavy atom. The molecule has 2 atom stereocenters. The van der Waals surface area contributed by atoms with Crippen LogP contribution in [0.5, 0.6) is 0 Å². The van der Waals surface area contributed by atoms with Crippen molar-refractivity contribution in [1.82, 2.24) is 10.2 Å². The van der Waals surface area contributed by atoms with E-state index in [-0.39, 0.29) is 0 Å². The zero-order chi connectivity index (χ0) is 12.1. The highest BCUT2D eigenvalue weighted by molar-refractivity contribution is 4.85. The van der Waals surface area contributed by atoms with Gasteiger partial charge in [0.2, 0.25) is 0 Å². The topological polar surface area (TPSA) is 35.5 Å². The van der Waals surface area contributed by atoms with E-state index in [4.69, 9.17) is 5.11 Å². The number of aliphatic hydroxyl groups excluding tert-OH is 1. The fraction of sp³-hybridized carbons (Fsp3) is 1.00. The Kier molecular flexibility index (Phi) is 5.26. The monoisotopic (exact) mass is 240 g/mol. The maximum Gasteiger partial charge on any atom is 0.0434 e. The summed E-state index contributed by atoms with van der Waals surface area (Å²) < 4.78 is 0. The molecule has 0 aromatic heterocycles. The lowest BCUT2D eigenvalue weighted by Gasteiger charge is -2.38. The summed E-state index contributed by atoms with van der Waals surface area (Å²) in [7, 11) is 0. The van der Waals surface area contributed by atoms with Crippen LogP contribution in [0.3, 0.4) is 0 Å². The minimum Gasteiger partial charge on any atom is -0.396 e. The van der Waals surface area contributed by atoms with Crippen LogP contribution in [0.15, 0.2) is 0 Å². The van der Waals surface area contributed by atoms with E-state index in [9.17, 15) is 0 Å². The summed E-state index contributed by atoms with van der Waals surface area (Å²) in [4.78, 5) is 2.58. The molecule has 1 aliphatic heterocycles. The molecule has 2 N–H and O–H groups in total. The number of rotatable bonds is 7. The number of likely N-dealkylation sites (tertiary alicyclic amines) is 1. The van der Waals surface area contributed by atoms with Gasteiger partial charge >= 0.3 is 0 Å². The van der Waals surface area contributed by atoms with Crippen molar-refractivity contribution in [2.75, 3.05) is 32.8 Å². The molecular weight excluding hydrogens is 212 g/mol. The Hall–Kier alpha value is -0.120. The van der Waals surface area contributed by atoms with Gasteiger partial charge in [-0.25, -0.2) is 0 Å². The Bertz CT molecular complexity index is 204. The van der Waals surface area contributed by atoms with Crippen molar-refractivity contribution < 1.29 is 5.11 Å². The highest BCUT2D eigenvalue weighted by Gasteiger charge is 2.28. The summed E-state index contributed by atoms with van der Waals surface area (Å²) >= 11 is 0. The maximum absolute atomic E-state index is 9.11. The molecular formula is C14H28N2O. The average Bonchev–Trinajstić information content (AvgIpc) is 3.11. The number of hydrogen-bond donors (Lipinski definition) is 2. The second-order valence-corrected chi connectivity index (χ2v) is 5.92. The van der Waals surface area contributed by atoms with Gasteiger partial charge in [-0.3, -0.25) is 0 Å². The first kappa shape index (κ1) is 13.3. The molecule has 0 bridgehead atoms. The van der Waals surface area contributed by atoms with E-state index in [1.54, 1.807) is 0 Å². The van der Waals surface area contributed by atoms with E-state index >= 15 is 0 Å². The lowest BCUT2D eigenvalue weighted by Crippen LogP contribution is -2.50. The van der Waals surface area contributed by atoms with Crippen molar-refractivity contribution >= 4 is 0 Å². The van der Waals surface area contributed by atoms with Crippen LogP contribution in [-0.4, -0.2) is 48.8 Å². The molecule has 0 amide bonds. The molecule has 3 nitrogen and oxygen atoms in total. The van der Waals surface area contributed by atoms with Gasteiger partial charge in [0.05, 0.1) is 0 Å². The fourth-order valence-corrected chi connectivity index (χ4v) is 3.00. The molecule has 0 aromatic rings. The van der Waals surface area contributed by atoms with E-state index in [0.29, 0.717) is 18.6 Å². The lowest BCUT2D eigenvalue weighted by molar-refractivity contribution is 0.121. The first-order chi connectivity index (χ1) is 8.31. The van der Waals surface area contributed by atoms with Crippen molar-refractivity contribution in [2.45, 2.75) is 45.1 Å². The van der Waals surface area contributed by atoms with Crippen LogP contribution >= 0.6 is 0 Å². The van der Waals surface area contributed by atoms with Gasteiger partial charge in [-0.1, -0.05) is 6.92 Å². The van der Waals surface area contributed by atoms with Gasteiger partial charge in [0.1, 0.15) is 0 Å². The number of nitrogens with one attached hydrogen (secondary N) is 1. The third kappa shape index (κ3) is 4.57. The number of hydrogen-bond acceptors (Lipinski definition) is 3. The van der Waals surface area contributed by atoms with Crippen LogP contribution in [-0.2, 0) is 0 Å². The first-order valence-corrected chi connectivity index (χ1v) is 7.38. The SMILES string of the molecule is CCCN1CC(CCO)CC(NCC2CC2)C1. The van der Waals surface area contributed by atoms with E-state index in [1.165, 1.54) is 51.9 Å². The van der Waals surface area contributed by atoms with Gasteiger partial charge in [-0.05, 0) is 57.0 Å². The van der Waals surface area contributed by atoms with Gasteiger partial charge in [0, 0.05) is 25.7 Å². The van der Waals surface area contributed by atoms with E-state index in [0.717, 1.165) is 12.3 Å². The lowest BCUT2D eigenvalue weighted by atomic mass is 9.91. The van der Waals surface area contributed by atoms with E-state index in [1.807, 2.05) is 0 Å². The number of nitrogens with zero attached hydrogens (tertiary/aromatic N) is 1. The van der Waals surface area contributed by atoms with Crippen molar-refractivity contribution in [2.24, 2.45) is 11.8 Å². The minimum absolute atomic E-state index is 0.347. The van der Waals surface area contributed by atoms with Gasteiger partial charge in [0.15, 0.2) is 0 Å². The molecule has 100 valence electrons. The Labute approximate surface area is 106 Å². The smallest absolute Gasteiger partial charge is 0.0434 e. The summed E-state index contributed by atoms with van der Waals surface area (Å²) in [5.74, 6) is 1.66. The van der Waals surface area contributed by atoms with Crippen molar-refractivity contribution in [3.8, 4) is 0 Å². The van der Waals surface area contributed by atoms with Crippen LogP contribution in [0.2, 0.25) is 0 Å². The highest BCUT2D eigenvalue weighted by Crippen LogP contribution is 2.28. The molecule has 1 saturated carbocycles. The van der Waals surface area contributed by atoms with Crippen LogP contribution in [0.4, 0.5) is 0 Å². The average molecular weight is 240 g/mol. The molecule has 2 fully saturated rings. The third-order valence-corrected chi connectivity index (χ3v) is 4.08. The molecule has 2 unspecified atom stereocenters. The molecule has 1 saturated heterocycles. The quantitative estimate of drug-likeness (QED) is 0.707. The number of piperidine rings is 1. The second kappa shape index (κ2) is 6.72. The molecule has 1 heterocycles. The fourth-order valence-electron chi connectivity index (χ4n) is 3.00. The van der Waals surface area contributed by atoms with Gasteiger partial charge in [-0.2, -0.15) is 0 Å². The van der Waals surface area contributed by atoms with Gasteiger partial charge in [0.25, 0.3) is 0 Å². The van der Waals surface area contributed by atoms with Crippen LogP contribution < -0.4 is 5.32 Å². The summed E-state index contributed by atoms with van der Waals surface area (Å²) in [6.45, 7) is 7.43. The standard InChI is InChI=1S/C14H28N2O/c1-2-6-16-10-13(5-7-17)8-14(11-16)15-9-12-3-4-12/h12-15,17H,2-11H2,1H3. The normalized spacial score (nSPS) is 30.7. The molecule has 0 spiro atoms. The first-order valence-electron chi connectivity index (χ1n) is 7.38. The Morgan fingerprint density at radius 1 is 1.24 bits per heavy atom. The second-order valence-electron chi connectivity index (χ2n) is 5.92. The Balaban J connectivity index is 1.76. The van der Waals surface area contributed by atoms with Crippen LogP contribution in [0.25, 0.3) is 0 Å². The summed E-state index contributed by atoms with van der Waals surface area (Å²) in [6.07, 6.45) is 6.33. The van der Waals surface area contributed by atoms with Crippen LogP contribution in [0.1, 0.15) is 39.0 Å². The maximum atomic E-state index is 9.11. The van der Waals surface area contributed by atoms with Gasteiger partial charge < -0.3 is 15.3 Å². The van der Waals surface area contributed by atoms with E-state index in [2.05, 4.69) is 17.1 Å². The predicted octanol–water partition coefficient (Wildman–Crippen LogP) is 1.47. The summed E-state index contributed by atoms with van der Waals surface area (Å²) in [6, 6.07) is 0.660. The molecule has 1 aliphatic carbocycles. The largest absolute Gasteiger partial charge is 0.396 e. The Morgan fingerprint density at radius 2 is 2.06 bits per heavy atom. The third-order valence-electron chi connectivity index (χ3n) is 4.08. The van der Waals surface area contributed by atoms with Crippen molar-refractivity contribution in [3.05, 3.63) is 0 Å². The molecule has 2 aliphatic rings.